The molecule has 6 N–H and O–H groups in total. The summed E-state index contributed by atoms with van der Waals surface area (Å²) in [7, 11) is 3.14. The highest BCUT2D eigenvalue weighted by Crippen LogP contribution is 2.34. The van der Waals surface area contributed by atoms with Crippen LogP contribution in [0.1, 0.15) is 92.9 Å². The fourth-order valence-corrected chi connectivity index (χ4v) is 8.58. The smallest absolute Gasteiger partial charge is 0.268 e. The number of likely N-dealkylation sites (tertiary alicyclic amines) is 1. The lowest BCUT2D eigenvalue weighted by atomic mass is 9.85. The third-order valence-electron chi connectivity index (χ3n) is 12.6. The van der Waals surface area contributed by atoms with Crippen molar-refractivity contribution in [3.63, 3.8) is 0 Å². The molecular weight excluding hydrogens is 954 g/mol. The normalized spacial score (nSPS) is 17.1. The number of amides is 5. The van der Waals surface area contributed by atoms with Crippen LogP contribution < -0.4 is 31.7 Å². The Bertz CT molecular complexity index is 2770. The van der Waals surface area contributed by atoms with Gasteiger partial charge in [0.15, 0.2) is 11.5 Å². The predicted octanol–water partition coefficient (Wildman–Crippen LogP) is 3.45. The first-order chi connectivity index (χ1) is 35.3. The highest BCUT2D eigenvalue weighted by atomic mass is 19.1. The summed E-state index contributed by atoms with van der Waals surface area (Å²) in [6, 6.07) is 13.2. The van der Waals surface area contributed by atoms with E-state index < -0.39 is 53.0 Å². The number of carbonyl (C=O) groups excluding carboxylic acids is 5. The van der Waals surface area contributed by atoms with Gasteiger partial charge in [0.25, 0.3) is 23.6 Å². The van der Waals surface area contributed by atoms with Crippen LogP contribution in [0.2, 0.25) is 0 Å². The van der Waals surface area contributed by atoms with Crippen LogP contribution in [0.25, 0.3) is 11.3 Å². The van der Waals surface area contributed by atoms with Crippen molar-refractivity contribution >= 4 is 41.1 Å². The maximum atomic E-state index is 14.4. The molecule has 4 heterocycles. The average Bonchev–Trinajstić information content (AvgIpc) is 3.97. The number of hydrogen-bond donors (Lipinski definition) is 5. The Morgan fingerprint density at radius 2 is 1.81 bits per heavy atom. The molecule has 0 aliphatic carbocycles. The molecule has 1 unspecified atom stereocenters. The average molecular weight is 1020 g/mol. The number of fused-ring (bicyclic) bond motifs is 5. The Balaban J connectivity index is 0.985. The number of aromatic nitrogens is 4. The number of nitrogens with zero attached hydrogens (tertiary/aromatic N) is 8. The van der Waals surface area contributed by atoms with E-state index in [-0.39, 0.29) is 104 Å². The first-order valence-electron chi connectivity index (χ1n) is 24.5. The van der Waals surface area contributed by atoms with E-state index in [1.807, 2.05) is 58.0 Å². The first kappa shape index (κ1) is 55.7. The number of nitrogens with one attached hydrogen (secondary N) is 4. The third kappa shape index (κ3) is 13.9. The molecule has 2 aromatic carbocycles. The number of benzene rings is 2. The lowest BCUT2D eigenvalue weighted by molar-refractivity contribution is -0.142. The van der Waals surface area contributed by atoms with E-state index in [2.05, 4.69) is 54.0 Å². The van der Waals surface area contributed by atoms with Crippen LogP contribution in [-0.2, 0) is 41.7 Å². The van der Waals surface area contributed by atoms with Crippen molar-refractivity contribution in [1.82, 2.24) is 50.8 Å². The number of hydrogen-bond acceptors (Lipinski definition) is 15. The van der Waals surface area contributed by atoms with Crippen LogP contribution in [0.4, 0.5) is 10.2 Å². The number of nitriles is 1. The summed E-state index contributed by atoms with van der Waals surface area (Å²) >= 11 is 0. The molecule has 1 fully saturated rings. The maximum Gasteiger partial charge on any atom is 0.268 e. The van der Waals surface area contributed by atoms with Crippen molar-refractivity contribution in [3.8, 4) is 23.2 Å². The first-order valence-corrected chi connectivity index (χ1v) is 24.5. The molecule has 0 radical (unpaired) electrons. The molecule has 1 saturated heterocycles. The second-order valence-corrected chi connectivity index (χ2v) is 18.9. The number of ether oxygens (including phenoxy) is 3. The van der Waals surface area contributed by atoms with E-state index >= 15 is 0 Å². The Morgan fingerprint density at radius 3 is 2.50 bits per heavy atom. The number of anilines is 1. The van der Waals surface area contributed by atoms with Crippen molar-refractivity contribution in [2.75, 3.05) is 65.9 Å². The molecule has 74 heavy (non-hydrogen) atoms. The number of carbonyl (C=O) groups is 5. The number of aliphatic imine (C=N–C) groups is 1. The summed E-state index contributed by atoms with van der Waals surface area (Å²) in [4.78, 5) is 84.1. The fourth-order valence-electron chi connectivity index (χ4n) is 8.58. The minimum Gasteiger partial charge on any atom is -0.467 e. The molecule has 2 aliphatic rings. The van der Waals surface area contributed by atoms with Crippen molar-refractivity contribution in [3.05, 3.63) is 101 Å². The van der Waals surface area contributed by atoms with E-state index in [0.717, 1.165) is 5.56 Å². The van der Waals surface area contributed by atoms with Gasteiger partial charge in [-0.1, -0.05) is 64.6 Å². The molecule has 2 aromatic heterocycles. The van der Waals surface area contributed by atoms with Gasteiger partial charge in [0.2, 0.25) is 11.8 Å². The van der Waals surface area contributed by atoms with Crippen LogP contribution in [0.15, 0.2) is 72.0 Å². The van der Waals surface area contributed by atoms with Crippen LogP contribution in [0, 0.1) is 22.6 Å². The van der Waals surface area contributed by atoms with E-state index in [1.54, 1.807) is 21.0 Å². The van der Waals surface area contributed by atoms with Crippen molar-refractivity contribution in [2.24, 2.45) is 10.4 Å². The molecule has 2 aliphatic heterocycles. The van der Waals surface area contributed by atoms with Crippen molar-refractivity contribution in [2.45, 2.75) is 91.2 Å². The van der Waals surface area contributed by atoms with Gasteiger partial charge in [-0.3, -0.25) is 28.7 Å². The minimum absolute atomic E-state index is 0.00896. The summed E-state index contributed by atoms with van der Waals surface area (Å²) < 4.78 is 33.4. The van der Waals surface area contributed by atoms with Gasteiger partial charge in [0.1, 0.15) is 30.1 Å². The number of halogens is 1. The highest BCUT2D eigenvalue weighted by Gasteiger charge is 2.45. The van der Waals surface area contributed by atoms with Gasteiger partial charge in [-0.25, -0.2) is 19.4 Å². The highest BCUT2D eigenvalue weighted by molar-refractivity contribution is 6.08. The zero-order chi connectivity index (χ0) is 53.7. The minimum atomic E-state index is -0.961. The van der Waals surface area contributed by atoms with Crippen LogP contribution in [-0.4, -0.2) is 143 Å². The van der Waals surface area contributed by atoms with E-state index in [4.69, 9.17) is 19.9 Å². The van der Waals surface area contributed by atoms with Gasteiger partial charge < -0.3 is 51.0 Å². The third-order valence-corrected chi connectivity index (χ3v) is 12.6. The van der Waals surface area contributed by atoms with Gasteiger partial charge >= 0.3 is 0 Å². The van der Waals surface area contributed by atoms with Gasteiger partial charge in [-0.2, -0.15) is 10.4 Å². The largest absolute Gasteiger partial charge is 0.467 e. The SMILES string of the molecule is C=C(NC)C(=O)NC(C(=O)N1C[C@@H](NCCOCCOCCC(=O)NCCn2nc(C#N)c3c2CN(C)C(=O)c2ccc(F)cc2[C@@H](C)Oc2nc-3cnc2N)C[C@H]1C(=O)N=C(CC)c1ccccc1)C(C)(C)C. The molecular formula is C52H66FN13O8. The second kappa shape index (κ2) is 25.4. The molecule has 5 amide bonds. The molecule has 22 heteroatoms. The molecule has 0 saturated carbocycles. The van der Waals surface area contributed by atoms with Crippen molar-refractivity contribution in [1.29, 1.82) is 5.26 Å². The van der Waals surface area contributed by atoms with Gasteiger partial charge in [0.05, 0.1) is 74.1 Å². The zero-order valence-corrected chi connectivity index (χ0v) is 43.0. The topological polar surface area (TPSA) is 273 Å². The summed E-state index contributed by atoms with van der Waals surface area (Å²) in [6.07, 6.45) is 1.40. The molecule has 6 rings (SSSR count). The molecule has 21 nitrogen and oxygen atoms in total. The number of nitrogens with two attached hydrogens (primary N) is 1. The van der Waals surface area contributed by atoms with Gasteiger partial charge in [-0.05, 0) is 48.9 Å². The summed E-state index contributed by atoms with van der Waals surface area (Å²) in [5, 5.41) is 26.4. The monoisotopic (exact) mass is 1020 g/mol. The van der Waals surface area contributed by atoms with Crippen molar-refractivity contribution < 1.29 is 42.6 Å². The molecule has 2 bridgehead atoms. The Morgan fingerprint density at radius 1 is 1.08 bits per heavy atom. The standard InChI is InChI=1S/C52H66FN13O8/c1-9-38(33-13-11-10-12-14-33)60-48(69)41-26-35(29-65(41)51(71)45(52(4,5)6)62-47(68)31(2)56-7)57-19-22-73-24-23-72-21-17-43(67)58-18-20-66-42-30-64(8)50(70)36-16-15-34(53)25-37(36)32(3)74-49-46(55)59-28-40(61-49)44(42)39(27-54)63-66/h10-16,25,28,32,35,41,45,56-57H,2,9,17-24,26,29-30H2,1,3-8H3,(H2,55,59)(H,58,67)(H,62,68)/t32-,35+,41+,45?/m1/s1. The molecule has 4 aromatic rings. The molecule has 0 spiro atoms. The number of likely N-dealkylation sites (N-methyl/N-ethyl adjacent to an activating group) is 1. The van der Waals surface area contributed by atoms with Crippen LogP contribution in [0.5, 0.6) is 5.88 Å². The maximum absolute atomic E-state index is 14.4. The summed E-state index contributed by atoms with van der Waals surface area (Å²) in [6.45, 7) is 14.5. The molecule has 394 valence electrons. The summed E-state index contributed by atoms with van der Waals surface area (Å²) in [5.74, 6) is -2.75. The Hall–Kier alpha value is -7.61. The summed E-state index contributed by atoms with van der Waals surface area (Å²) in [5.41, 5.74) is 8.41. The number of rotatable bonds is 20. The Kier molecular flexibility index (Phi) is 19.1. The van der Waals surface area contributed by atoms with E-state index in [9.17, 15) is 33.6 Å². The predicted molar refractivity (Wildman–Crippen MR) is 273 cm³/mol. The quantitative estimate of drug-likeness (QED) is 0.0482. The van der Waals surface area contributed by atoms with Gasteiger partial charge in [0, 0.05) is 57.3 Å². The zero-order valence-electron chi connectivity index (χ0n) is 43.0. The van der Waals surface area contributed by atoms with Crippen LogP contribution in [0.3, 0.4) is 0 Å². The lowest BCUT2D eigenvalue weighted by Gasteiger charge is -2.35. The van der Waals surface area contributed by atoms with E-state index in [0.29, 0.717) is 43.0 Å². The van der Waals surface area contributed by atoms with Crippen LogP contribution >= 0.6 is 0 Å². The Labute approximate surface area is 430 Å². The molecule has 4 atom stereocenters. The second-order valence-electron chi connectivity index (χ2n) is 18.9. The van der Waals surface area contributed by atoms with E-state index in [1.165, 1.54) is 38.9 Å². The fraction of sp³-hybridized carbons (Fsp3) is 0.462. The van der Waals surface area contributed by atoms with Gasteiger partial charge in [-0.15, -0.1) is 0 Å². The number of nitrogen functional groups attached to an aromatic ring is 1. The lowest BCUT2D eigenvalue weighted by Crippen LogP contribution is -2.57.